The zero-order chi connectivity index (χ0) is 23.3. The fourth-order valence-corrected chi connectivity index (χ4v) is 4.85. The van der Waals surface area contributed by atoms with E-state index in [0.29, 0.717) is 36.2 Å². The largest absolute Gasteiger partial charge is 0.335 e. The van der Waals surface area contributed by atoms with Crippen molar-refractivity contribution in [2.45, 2.75) is 67.9 Å². The van der Waals surface area contributed by atoms with Crippen LogP contribution >= 0.6 is 11.8 Å². The average molecular weight is 481 g/mol. The maximum atomic E-state index is 12.6. The number of nitrogens with one attached hydrogen (secondary N) is 1. The van der Waals surface area contributed by atoms with Gasteiger partial charge in [0.25, 0.3) is 0 Å². The molecule has 1 atom stereocenters. The smallest absolute Gasteiger partial charge is 0.238 e. The molecule has 0 aliphatic carbocycles. The summed E-state index contributed by atoms with van der Waals surface area (Å²) in [7, 11) is -3.79. The first-order valence-electron chi connectivity index (χ1n) is 10.5. The van der Waals surface area contributed by atoms with Crippen molar-refractivity contribution in [3.63, 3.8) is 0 Å². The van der Waals surface area contributed by atoms with Gasteiger partial charge in [-0.1, -0.05) is 18.2 Å². The van der Waals surface area contributed by atoms with Crippen LogP contribution in [0.15, 0.2) is 34.3 Å². The first-order chi connectivity index (χ1) is 15.2. The number of thioether (sulfide) groups is 1. The molecule has 1 unspecified atom stereocenters. The number of benzene rings is 1. The van der Waals surface area contributed by atoms with Gasteiger partial charge < -0.3 is 14.8 Å². The molecular weight excluding hydrogens is 452 g/mol. The van der Waals surface area contributed by atoms with E-state index in [2.05, 4.69) is 15.5 Å². The van der Waals surface area contributed by atoms with Crippen LogP contribution in [0.5, 0.6) is 0 Å². The Labute approximate surface area is 192 Å². The minimum absolute atomic E-state index is 0.0237. The molecule has 2 aromatic rings. The summed E-state index contributed by atoms with van der Waals surface area (Å²) in [6, 6.07) is 5.65. The fraction of sp³-hybridized carbons (Fsp3) is 0.500. The number of carbonyl (C=O) groups excluding carboxylic acids is 2. The highest BCUT2D eigenvalue weighted by atomic mass is 32.2. The third-order valence-electron chi connectivity index (χ3n) is 5.22. The molecule has 3 N–H and O–H groups in total. The number of hydrogen-bond acceptors (Lipinski definition) is 7. The number of nitrogens with two attached hydrogens (primary N) is 1. The van der Waals surface area contributed by atoms with Crippen LogP contribution in [-0.4, -0.2) is 51.7 Å². The lowest BCUT2D eigenvalue weighted by molar-refractivity contribution is -0.131. The van der Waals surface area contributed by atoms with Gasteiger partial charge in [0.2, 0.25) is 21.8 Å². The second kappa shape index (κ2) is 10.5. The first-order valence-corrected chi connectivity index (χ1v) is 12.9. The minimum atomic E-state index is -3.79. The second-order valence-electron chi connectivity index (χ2n) is 7.59. The molecule has 32 heavy (non-hydrogen) atoms. The van der Waals surface area contributed by atoms with Crippen molar-refractivity contribution in [1.82, 2.24) is 19.7 Å². The molecule has 10 nitrogen and oxygen atoms in total. The first kappa shape index (κ1) is 24.2. The summed E-state index contributed by atoms with van der Waals surface area (Å²) in [4.78, 5) is 26.7. The van der Waals surface area contributed by atoms with E-state index in [9.17, 15) is 18.0 Å². The summed E-state index contributed by atoms with van der Waals surface area (Å²) in [5, 5.41) is 16.5. The van der Waals surface area contributed by atoms with Crippen LogP contribution in [-0.2, 0) is 32.7 Å². The third-order valence-corrected chi connectivity index (χ3v) is 7.22. The molecule has 0 bridgehead atoms. The van der Waals surface area contributed by atoms with Crippen LogP contribution in [0.25, 0.3) is 0 Å². The van der Waals surface area contributed by atoms with Gasteiger partial charge >= 0.3 is 0 Å². The molecule has 0 spiro atoms. The van der Waals surface area contributed by atoms with Crippen LogP contribution < -0.4 is 10.5 Å². The Morgan fingerprint density at radius 2 is 1.94 bits per heavy atom. The Bertz CT molecular complexity index is 1070. The van der Waals surface area contributed by atoms with Gasteiger partial charge in [-0.25, -0.2) is 13.6 Å². The lowest BCUT2D eigenvalue weighted by atomic mass is 10.2. The van der Waals surface area contributed by atoms with Gasteiger partial charge in [-0.15, -0.1) is 10.2 Å². The Morgan fingerprint density at radius 1 is 1.22 bits per heavy atom. The molecule has 1 aliphatic rings. The number of rotatable bonds is 8. The zero-order valence-corrected chi connectivity index (χ0v) is 19.8. The third kappa shape index (κ3) is 6.08. The molecule has 1 aromatic carbocycles. The maximum absolute atomic E-state index is 12.6. The lowest BCUT2D eigenvalue weighted by Gasteiger charge is -2.20. The molecule has 12 heteroatoms. The summed E-state index contributed by atoms with van der Waals surface area (Å²) in [6.45, 7) is 5.48. The molecule has 1 fully saturated rings. The van der Waals surface area contributed by atoms with Gasteiger partial charge in [0.1, 0.15) is 0 Å². The summed E-state index contributed by atoms with van der Waals surface area (Å²) in [5.41, 5.74) is 0.465. The van der Waals surface area contributed by atoms with Gasteiger partial charge in [0.05, 0.1) is 16.7 Å². The van der Waals surface area contributed by atoms with Crippen molar-refractivity contribution >= 4 is 39.3 Å². The molecule has 1 saturated heterocycles. The van der Waals surface area contributed by atoms with Crippen LogP contribution in [0.3, 0.4) is 0 Å². The van der Waals surface area contributed by atoms with E-state index in [-0.39, 0.29) is 16.7 Å². The molecule has 2 heterocycles. The number of carbonyl (C=O) groups is 2. The van der Waals surface area contributed by atoms with Gasteiger partial charge in [-0.2, -0.15) is 0 Å². The normalized spacial score (nSPS) is 16.0. The van der Waals surface area contributed by atoms with E-state index in [0.717, 1.165) is 25.8 Å². The van der Waals surface area contributed by atoms with E-state index < -0.39 is 15.3 Å². The predicted molar refractivity (Wildman–Crippen MR) is 121 cm³/mol. The summed E-state index contributed by atoms with van der Waals surface area (Å²) >= 11 is 1.28. The van der Waals surface area contributed by atoms with Crippen molar-refractivity contribution in [2.24, 2.45) is 5.14 Å². The minimum Gasteiger partial charge on any atom is -0.335 e. The van der Waals surface area contributed by atoms with Gasteiger partial charge in [-0.3, -0.25) is 9.59 Å². The number of anilines is 1. The van der Waals surface area contributed by atoms with Crippen LogP contribution in [0.1, 0.15) is 45.4 Å². The van der Waals surface area contributed by atoms with Crippen LogP contribution in [0, 0.1) is 0 Å². The lowest BCUT2D eigenvalue weighted by Crippen LogP contribution is -2.31. The monoisotopic (exact) mass is 480 g/mol. The van der Waals surface area contributed by atoms with Crippen molar-refractivity contribution in [3.05, 3.63) is 30.1 Å². The second-order valence-corrected chi connectivity index (χ2v) is 10.5. The number of hydrogen-bond donors (Lipinski definition) is 2. The van der Waals surface area contributed by atoms with Crippen molar-refractivity contribution < 1.29 is 18.0 Å². The fourth-order valence-electron chi connectivity index (χ4n) is 3.40. The van der Waals surface area contributed by atoms with E-state index in [1.54, 1.807) is 6.92 Å². The van der Waals surface area contributed by atoms with E-state index in [1.165, 1.54) is 36.0 Å². The Kier molecular flexibility index (Phi) is 7.91. The summed E-state index contributed by atoms with van der Waals surface area (Å²) in [6.07, 6.45) is 3.54. The molecule has 2 amide bonds. The maximum Gasteiger partial charge on any atom is 0.238 e. The zero-order valence-electron chi connectivity index (χ0n) is 18.2. The van der Waals surface area contributed by atoms with E-state index in [4.69, 9.17) is 5.14 Å². The number of nitrogens with zero attached hydrogens (tertiary/aromatic N) is 4. The average Bonchev–Trinajstić information content (AvgIpc) is 3.00. The topological polar surface area (TPSA) is 140 Å². The number of sulfonamides is 1. The molecular formula is C20H28N6O4S2. The number of likely N-dealkylation sites (tertiary alicyclic amines) is 1. The van der Waals surface area contributed by atoms with Crippen LogP contribution in [0.2, 0.25) is 0 Å². The molecule has 0 saturated carbocycles. The SMILES string of the molecule is CCn1c(CN2CCCCCC2=O)nnc1SC(C)C(=O)Nc1ccc(S(N)(=O)=O)cc1. The molecule has 0 radical (unpaired) electrons. The number of primary sulfonamides is 1. The van der Waals surface area contributed by atoms with Gasteiger partial charge in [0, 0.05) is 25.2 Å². The molecule has 1 aliphatic heterocycles. The van der Waals surface area contributed by atoms with Gasteiger partial charge in [-0.05, 0) is 51.0 Å². The van der Waals surface area contributed by atoms with E-state index >= 15 is 0 Å². The summed E-state index contributed by atoms with van der Waals surface area (Å²) in [5.74, 6) is 0.591. The highest BCUT2D eigenvalue weighted by Gasteiger charge is 2.23. The van der Waals surface area contributed by atoms with Crippen LogP contribution in [0.4, 0.5) is 5.69 Å². The standard InChI is InChI=1S/C20H28N6O4S2/c1-3-26-17(13-25-12-6-4-5-7-18(25)27)23-24-20(26)31-14(2)19(28)22-15-8-10-16(11-9-15)32(21,29)30/h8-11,14H,3-7,12-13H2,1-2H3,(H,22,28)(H2,21,29,30). The van der Waals surface area contributed by atoms with Crippen molar-refractivity contribution in [1.29, 1.82) is 0 Å². The Morgan fingerprint density at radius 3 is 2.59 bits per heavy atom. The molecule has 1 aromatic heterocycles. The van der Waals surface area contributed by atoms with E-state index in [1.807, 2.05) is 16.4 Å². The highest BCUT2D eigenvalue weighted by Crippen LogP contribution is 2.25. The quantitative estimate of drug-likeness (QED) is 0.550. The summed E-state index contributed by atoms with van der Waals surface area (Å²) < 4.78 is 24.6. The van der Waals surface area contributed by atoms with Crippen molar-refractivity contribution in [3.8, 4) is 0 Å². The Balaban J connectivity index is 1.64. The predicted octanol–water partition coefficient (Wildman–Crippen LogP) is 1.97. The van der Waals surface area contributed by atoms with Gasteiger partial charge in [0.15, 0.2) is 11.0 Å². The number of aromatic nitrogens is 3. The Hall–Kier alpha value is -2.44. The number of amides is 2. The molecule has 3 rings (SSSR count). The highest BCUT2D eigenvalue weighted by molar-refractivity contribution is 8.00. The molecule has 174 valence electrons. The van der Waals surface area contributed by atoms with Crippen molar-refractivity contribution in [2.75, 3.05) is 11.9 Å².